The molecule has 0 amide bonds. The van der Waals surface area contributed by atoms with E-state index < -0.39 is 0 Å². The highest BCUT2D eigenvalue weighted by Crippen LogP contribution is 2.22. The van der Waals surface area contributed by atoms with Gasteiger partial charge in [0.25, 0.3) is 0 Å². The summed E-state index contributed by atoms with van der Waals surface area (Å²) < 4.78 is 27.7. The summed E-state index contributed by atoms with van der Waals surface area (Å²) in [5.74, 6) is 1.31. The Morgan fingerprint density at radius 2 is 1.51 bits per heavy atom. The molecule has 0 saturated heterocycles. The quantitative estimate of drug-likeness (QED) is 0.255. The summed E-state index contributed by atoms with van der Waals surface area (Å²) in [6, 6.07) is 22.6. The summed E-state index contributed by atoms with van der Waals surface area (Å²) in [5.41, 5.74) is 4.79. The van der Waals surface area contributed by atoms with Crippen molar-refractivity contribution in [2.75, 3.05) is 46.4 Å². The minimum Gasteiger partial charge on any atom is -0.497 e. The van der Waals surface area contributed by atoms with Gasteiger partial charge in [-0.05, 0) is 73.5 Å². The first-order chi connectivity index (χ1) is 17.9. The molecule has 1 aromatic heterocycles. The molecule has 0 fully saturated rings. The van der Waals surface area contributed by atoms with Gasteiger partial charge in [-0.2, -0.15) is 0 Å². The Morgan fingerprint density at radius 3 is 2.14 bits per heavy atom. The van der Waals surface area contributed by atoms with Gasteiger partial charge >= 0.3 is 0 Å². The number of pyridine rings is 1. The molecular formula is C31H39FN2O3. The van der Waals surface area contributed by atoms with E-state index in [1.165, 1.54) is 28.6 Å². The lowest BCUT2D eigenvalue weighted by atomic mass is 10.1. The van der Waals surface area contributed by atoms with E-state index in [4.69, 9.17) is 9.47 Å². The average Bonchev–Trinajstić information content (AvgIpc) is 2.91. The molecule has 0 N–H and O–H groups in total. The summed E-state index contributed by atoms with van der Waals surface area (Å²) in [7, 11) is 6.95. The monoisotopic (exact) mass is 506 g/mol. The van der Waals surface area contributed by atoms with E-state index >= 15 is 0 Å². The Bertz CT molecular complexity index is 1180. The number of aromatic nitrogens is 1. The molecule has 1 heterocycles. The SMILES string of the molecule is CCCc1ccnc2cc(OC)ccc12.COC.Cc1ccc(N(C)CCOc2ccc(F)cc2)cc1. The van der Waals surface area contributed by atoms with Crippen molar-refractivity contribution in [3.63, 3.8) is 0 Å². The topological polar surface area (TPSA) is 43.8 Å². The number of anilines is 1. The fraction of sp³-hybridized carbons (Fsp3) is 0.323. The predicted molar refractivity (Wildman–Crippen MR) is 152 cm³/mol. The van der Waals surface area contributed by atoms with Gasteiger partial charge in [-0.25, -0.2) is 4.39 Å². The molecule has 3 aromatic carbocycles. The third-order valence-electron chi connectivity index (χ3n) is 5.54. The second kappa shape index (κ2) is 16.2. The van der Waals surface area contributed by atoms with Crippen LogP contribution in [0.15, 0.2) is 79.0 Å². The smallest absolute Gasteiger partial charge is 0.123 e. The van der Waals surface area contributed by atoms with E-state index in [1.54, 1.807) is 33.5 Å². The maximum absolute atomic E-state index is 12.7. The minimum atomic E-state index is -0.246. The summed E-state index contributed by atoms with van der Waals surface area (Å²) in [6.45, 7) is 5.60. The number of halogens is 1. The van der Waals surface area contributed by atoms with Crippen molar-refractivity contribution < 1.29 is 18.6 Å². The van der Waals surface area contributed by atoms with Crippen molar-refractivity contribution in [3.05, 3.63) is 95.9 Å². The largest absolute Gasteiger partial charge is 0.497 e. The Kier molecular flexibility index (Phi) is 12.9. The van der Waals surface area contributed by atoms with Crippen LogP contribution in [-0.4, -0.2) is 46.5 Å². The van der Waals surface area contributed by atoms with Gasteiger partial charge in [0.1, 0.15) is 23.9 Å². The molecule has 0 unspecified atom stereocenters. The van der Waals surface area contributed by atoms with Crippen molar-refractivity contribution in [3.8, 4) is 11.5 Å². The Morgan fingerprint density at radius 1 is 0.865 bits per heavy atom. The van der Waals surface area contributed by atoms with Crippen molar-refractivity contribution in [2.24, 2.45) is 0 Å². The Hall–Kier alpha value is -3.64. The molecule has 0 aliphatic rings. The van der Waals surface area contributed by atoms with Crippen LogP contribution in [0.1, 0.15) is 24.5 Å². The van der Waals surface area contributed by atoms with Crippen LogP contribution < -0.4 is 14.4 Å². The Labute approximate surface area is 220 Å². The molecule has 0 spiro atoms. The molecule has 4 aromatic rings. The lowest BCUT2D eigenvalue weighted by Gasteiger charge is -2.19. The molecule has 0 atom stereocenters. The highest BCUT2D eigenvalue weighted by atomic mass is 19.1. The first kappa shape index (κ1) is 29.6. The number of benzene rings is 3. The molecule has 6 heteroatoms. The van der Waals surface area contributed by atoms with Gasteiger partial charge in [-0.3, -0.25) is 4.98 Å². The minimum absolute atomic E-state index is 0.246. The van der Waals surface area contributed by atoms with Gasteiger partial charge in [0.2, 0.25) is 0 Å². The molecular weight excluding hydrogens is 467 g/mol. The molecule has 0 radical (unpaired) electrons. The number of ether oxygens (including phenoxy) is 3. The average molecular weight is 507 g/mol. The third-order valence-corrected chi connectivity index (χ3v) is 5.54. The molecule has 0 bridgehead atoms. The highest BCUT2D eigenvalue weighted by molar-refractivity contribution is 5.83. The molecule has 37 heavy (non-hydrogen) atoms. The van der Waals surface area contributed by atoms with Crippen molar-refractivity contribution >= 4 is 16.6 Å². The second-order valence-electron chi connectivity index (χ2n) is 8.57. The van der Waals surface area contributed by atoms with Crippen LogP contribution in [0.3, 0.4) is 0 Å². The van der Waals surface area contributed by atoms with E-state index in [0.717, 1.165) is 36.3 Å². The van der Waals surface area contributed by atoms with Gasteiger partial charge in [-0.15, -0.1) is 0 Å². The summed E-state index contributed by atoms with van der Waals surface area (Å²) in [6.07, 6.45) is 4.13. The number of hydrogen-bond acceptors (Lipinski definition) is 5. The summed E-state index contributed by atoms with van der Waals surface area (Å²) in [5, 5.41) is 1.24. The molecule has 198 valence electrons. The summed E-state index contributed by atoms with van der Waals surface area (Å²) >= 11 is 0. The number of fused-ring (bicyclic) bond motifs is 1. The molecule has 5 nitrogen and oxygen atoms in total. The second-order valence-corrected chi connectivity index (χ2v) is 8.57. The van der Waals surface area contributed by atoms with Gasteiger partial charge < -0.3 is 19.1 Å². The summed E-state index contributed by atoms with van der Waals surface area (Å²) in [4.78, 5) is 6.48. The van der Waals surface area contributed by atoms with E-state index in [1.807, 2.05) is 25.4 Å². The van der Waals surface area contributed by atoms with Gasteiger partial charge in [0.15, 0.2) is 0 Å². The lowest BCUT2D eigenvalue weighted by Crippen LogP contribution is -2.23. The fourth-order valence-corrected chi connectivity index (χ4v) is 3.56. The first-order valence-corrected chi connectivity index (χ1v) is 12.4. The number of rotatable bonds is 8. The standard InChI is InChI=1S/C16H18FNO.C13H15NO.C2H6O/c1-13-3-7-15(8-4-13)18(2)11-12-19-16-9-5-14(17)6-10-16;1-3-4-10-7-8-14-13-9-11(15-2)5-6-12(10)13;1-3-2/h3-10H,11-12H2,1-2H3;5-9H,3-4H2,1-2H3;1-2H3. The van der Waals surface area contributed by atoms with Gasteiger partial charge in [-0.1, -0.05) is 31.0 Å². The van der Waals surface area contributed by atoms with E-state index in [2.05, 4.69) is 64.9 Å². The van der Waals surface area contributed by atoms with E-state index in [-0.39, 0.29) is 5.82 Å². The number of methoxy groups -OCH3 is 2. The predicted octanol–water partition coefficient (Wildman–Crippen LogP) is 7.11. The maximum atomic E-state index is 12.7. The van der Waals surface area contributed by atoms with Gasteiger partial charge in [0.05, 0.1) is 19.2 Å². The third kappa shape index (κ3) is 10.1. The normalized spacial score (nSPS) is 10.0. The number of nitrogens with zero attached hydrogens (tertiary/aromatic N) is 2. The zero-order chi connectivity index (χ0) is 27.0. The highest BCUT2D eigenvalue weighted by Gasteiger charge is 2.03. The molecule has 0 aliphatic heterocycles. The van der Waals surface area contributed by atoms with Crippen LogP contribution in [0, 0.1) is 12.7 Å². The first-order valence-electron chi connectivity index (χ1n) is 12.4. The van der Waals surface area contributed by atoms with Crippen LogP contribution >= 0.6 is 0 Å². The fourth-order valence-electron chi connectivity index (χ4n) is 3.56. The van der Waals surface area contributed by atoms with E-state index in [0.29, 0.717) is 12.4 Å². The van der Waals surface area contributed by atoms with Crippen LogP contribution in [0.5, 0.6) is 11.5 Å². The van der Waals surface area contributed by atoms with Crippen LogP contribution in [0.4, 0.5) is 10.1 Å². The maximum Gasteiger partial charge on any atom is 0.123 e. The van der Waals surface area contributed by atoms with Gasteiger partial charge in [0, 0.05) is 44.6 Å². The van der Waals surface area contributed by atoms with Crippen LogP contribution in [0.2, 0.25) is 0 Å². The zero-order valence-corrected chi connectivity index (χ0v) is 22.8. The zero-order valence-electron chi connectivity index (χ0n) is 22.8. The molecule has 0 aliphatic carbocycles. The van der Waals surface area contributed by atoms with Crippen molar-refractivity contribution in [1.82, 2.24) is 4.98 Å². The molecule has 0 saturated carbocycles. The number of hydrogen-bond donors (Lipinski definition) is 0. The van der Waals surface area contributed by atoms with Crippen LogP contribution in [0.25, 0.3) is 10.9 Å². The number of likely N-dealkylation sites (N-methyl/N-ethyl adjacent to an activating group) is 1. The van der Waals surface area contributed by atoms with Crippen molar-refractivity contribution in [2.45, 2.75) is 26.7 Å². The Balaban J connectivity index is 0.000000240. The number of aryl methyl sites for hydroxylation is 2. The van der Waals surface area contributed by atoms with Crippen LogP contribution in [-0.2, 0) is 11.2 Å². The lowest BCUT2D eigenvalue weighted by molar-refractivity contribution is 0.277. The van der Waals surface area contributed by atoms with Crippen molar-refractivity contribution in [1.29, 1.82) is 0 Å². The van der Waals surface area contributed by atoms with E-state index in [9.17, 15) is 4.39 Å². The molecule has 4 rings (SSSR count).